The zero-order valence-corrected chi connectivity index (χ0v) is 21.8. The van der Waals surface area contributed by atoms with E-state index in [1.54, 1.807) is 13.8 Å². The number of aromatic nitrogens is 2. The molecule has 35 heavy (non-hydrogen) atoms. The molecular formula is C29H32N2O3S. The lowest BCUT2D eigenvalue weighted by molar-refractivity contribution is 0.0547. The molecule has 5 nitrogen and oxygen atoms in total. The van der Waals surface area contributed by atoms with E-state index in [0.717, 1.165) is 44.1 Å². The lowest BCUT2D eigenvalue weighted by atomic mass is 9.93. The lowest BCUT2D eigenvalue weighted by Gasteiger charge is -2.19. The third-order valence-electron chi connectivity index (χ3n) is 6.02. The Morgan fingerprint density at radius 1 is 0.971 bits per heavy atom. The van der Waals surface area contributed by atoms with Crippen molar-refractivity contribution in [2.45, 2.75) is 53.2 Å². The fourth-order valence-corrected chi connectivity index (χ4v) is 4.63. The molecule has 0 aliphatic carbocycles. The van der Waals surface area contributed by atoms with Crippen LogP contribution in [0.15, 0.2) is 60.8 Å². The Balaban J connectivity index is 1.49. The van der Waals surface area contributed by atoms with Gasteiger partial charge in [-0.1, -0.05) is 18.2 Å². The Morgan fingerprint density at radius 3 is 2.40 bits per heavy atom. The highest BCUT2D eigenvalue weighted by molar-refractivity contribution is 7.09. The first-order valence-corrected chi connectivity index (χ1v) is 12.5. The molecule has 2 aromatic heterocycles. The van der Waals surface area contributed by atoms with Gasteiger partial charge in [-0.25, -0.2) is 9.36 Å². The van der Waals surface area contributed by atoms with Gasteiger partial charge in [-0.2, -0.15) is 0 Å². The van der Waals surface area contributed by atoms with Gasteiger partial charge in [0.25, 0.3) is 0 Å². The number of pyridine rings is 1. The molecule has 2 aromatic carbocycles. The number of hydrogen-bond donors (Lipinski definition) is 1. The van der Waals surface area contributed by atoms with Crippen LogP contribution in [0, 0.1) is 20.8 Å². The first kappa shape index (κ1) is 24.9. The molecule has 182 valence electrons. The van der Waals surface area contributed by atoms with Crippen LogP contribution in [0.25, 0.3) is 21.6 Å². The van der Waals surface area contributed by atoms with E-state index in [1.165, 1.54) is 17.1 Å². The highest BCUT2D eigenvalue weighted by Crippen LogP contribution is 2.33. The number of rotatable bonds is 9. The van der Waals surface area contributed by atoms with Crippen molar-refractivity contribution in [3.05, 3.63) is 83.2 Å². The van der Waals surface area contributed by atoms with E-state index in [9.17, 15) is 5.11 Å². The number of hydrogen-bond acceptors (Lipinski definition) is 6. The van der Waals surface area contributed by atoms with Gasteiger partial charge in [0.1, 0.15) is 12.4 Å². The van der Waals surface area contributed by atoms with E-state index >= 15 is 0 Å². The molecule has 0 aliphatic rings. The SMILES string of the molecule is Cc1cc(OCCC(C)(C)O)nc(C)c1-c1cccc(COc2ccc(-c3ccns3)cc2)c1C. The quantitative estimate of drug-likeness (QED) is 0.277. The highest BCUT2D eigenvalue weighted by Gasteiger charge is 2.16. The maximum Gasteiger partial charge on any atom is 0.213 e. The van der Waals surface area contributed by atoms with Crippen LogP contribution in [0.1, 0.15) is 42.7 Å². The summed E-state index contributed by atoms with van der Waals surface area (Å²) in [6.07, 6.45) is 2.36. The molecule has 0 atom stereocenters. The minimum absolute atomic E-state index is 0.422. The summed E-state index contributed by atoms with van der Waals surface area (Å²) in [4.78, 5) is 5.83. The Bertz CT molecular complexity index is 1250. The monoisotopic (exact) mass is 488 g/mol. The van der Waals surface area contributed by atoms with Crippen LogP contribution < -0.4 is 9.47 Å². The number of benzene rings is 2. The Morgan fingerprint density at radius 2 is 1.74 bits per heavy atom. The molecule has 0 aliphatic heterocycles. The molecule has 0 amide bonds. The summed E-state index contributed by atoms with van der Waals surface area (Å²) in [6, 6.07) is 18.4. The zero-order chi connectivity index (χ0) is 25.0. The Labute approximate surface area is 211 Å². The van der Waals surface area contributed by atoms with Crippen LogP contribution >= 0.6 is 11.5 Å². The molecule has 0 saturated carbocycles. The van der Waals surface area contributed by atoms with Crippen LogP contribution in [-0.4, -0.2) is 26.7 Å². The third-order valence-corrected chi connectivity index (χ3v) is 6.82. The molecule has 4 aromatic rings. The van der Waals surface area contributed by atoms with Crippen molar-refractivity contribution < 1.29 is 14.6 Å². The number of aliphatic hydroxyl groups is 1. The van der Waals surface area contributed by atoms with Gasteiger partial charge in [0, 0.05) is 29.9 Å². The maximum absolute atomic E-state index is 9.91. The molecule has 0 saturated heterocycles. The van der Waals surface area contributed by atoms with E-state index in [0.29, 0.717) is 25.5 Å². The lowest BCUT2D eigenvalue weighted by Crippen LogP contribution is -2.22. The van der Waals surface area contributed by atoms with Gasteiger partial charge in [-0.3, -0.25) is 0 Å². The molecule has 2 heterocycles. The summed E-state index contributed by atoms with van der Waals surface area (Å²) in [6.45, 7) is 10.7. The summed E-state index contributed by atoms with van der Waals surface area (Å²) in [5.41, 5.74) is 7.00. The predicted octanol–water partition coefficient (Wildman–Crippen LogP) is 6.92. The van der Waals surface area contributed by atoms with Crippen molar-refractivity contribution in [2.75, 3.05) is 6.61 Å². The van der Waals surface area contributed by atoms with E-state index < -0.39 is 5.60 Å². The van der Waals surface area contributed by atoms with Crippen molar-refractivity contribution in [2.24, 2.45) is 0 Å². The van der Waals surface area contributed by atoms with Crippen LogP contribution in [0.2, 0.25) is 0 Å². The van der Waals surface area contributed by atoms with Crippen molar-refractivity contribution in [3.8, 4) is 33.2 Å². The second kappa shape index (κ2) is 10.6. The van der Waals surface area contributed by atoms with Crippen LogP contribution in [-0.2, 0) is 6.61 Å². The molecule has 0 bridgehead atoms. The summed E-state index contributed by atoms with van der Waals surface area (Å²) in [5.74, 6) is 1.43. The van der Waals surface area contributed by atoms with Gasteiger partial charge in [0.05, 0.1) is 17.1 Å². The Kier molecular flexibility index (Phi) is 7.53. The second-order valence-electron chi connectivity index (χ2n) is 9.43. The minimum Gasteiger partial charge on any atom is -0.489 e. The largest absolute Gasteiger partial charge is 0.489 e. The molecule has 0 radical (unpaired) electrons. The molecule has 0 fully saturated rings. The molecule has 0 spiro atoms. The van der Waals surface area contributed by atoms with Crippen LogP contribution in [0.5, 0.6) is 11.6 Å². The van der Waals surface area contributed by atoms with Crippen LogP contribution in [0.3, 0.4) is 0 Å². The molecule has 6 heteroatoms. The summed E-state index contributed by atoms with van der Waals surface area (Å²) in [5, 5.41) is 9.91. The van der Waals surface area contributed by atoms with Gasteiger partial charge < -0.3 is 14.6 Å². The normalized spacial score (nSPS) is 11.5. The number of nitrogens with zero attached hydrogens (tertiary/aromatic N) is 2. The van der Waals surface area contributed by atoms with Gasteiger partial charge in [0.2, 0.25) is 5.88 Å². The molecule has 1 N–H and O–H groups in total. The highest BCUT2D eigenvalue weighted by atomic mass is 32.1. The average molecular weight is 489 g/mol. The summed E-state index contributed by atoms with van der Waals surface area (Å²) >= 11 is 1.49. The standard InChI is InChI=1S/C29H32N2O3S/c1-19-17-27(33-16-14-29(4,5)32)31-21(3)28(19)25-8-6-7-23(20(25)2)18-34-24-11-9-22(10-12-24)26-13-15-30-35-26/h6-13,15,17,32H,14,16,18H2,1-5H3. The Hall–Kier alpha value is -3.22. The van der Waals surface area contributed by atoms with Crippen molar-refractivity contribution >= 4 is 11.5 Å². The van der Waals surface area contributed by atoms with Crippen molar-refractivity contribution in [3.63, 3.8) is 0 Å². The first-order chi connectivity index (χ1) is 16.7. The topological polar surface area (TPSA) is 64.5 Å². The van der Waals surface area contributed by atoms with Crippen LogP contribution in [0.4, 0.5) is 0 Å². The van der Waals surface area contributed by atoms with Crippen molar-refractivity contribution in [1.82, 2.24) is 9.36 Å². The summed E-state index contributed by atoms with van der Waals surface area (Å²) in [7, 11) is 0. The van der Waals surface area contributed by atoms with E-state index in [2.05, 4.69) is 53.5 Å². The minimum atomic E-state index is -0.757. The van der Waals surface area contributed by atoms with Gasteiger partial charge in [-0.05, 0) is 104 Å². The number of ether oxygens (including phenoxy) is 2. The van der Waals surface area contributed by atoms with E-state index in [1.807, 2.05) is 37.4 Å². The van der Waals surface area contributed by atoms with E-state index in [-0.39, 0.29) is 0 Å². The van der Waals surface area contributed by atoms with Gasteiger partial charge in [0.15, 0.2) is 0 Å². The summed E-state index contributed by atoms with van der Waals surface area (Å²) < 4.78 is 16.1. The molecule has 4 rings (SSSR count). The molecular weight excluding hydrogens is 456 g/mol. The third kappa shape index (κ3) is 6.27. The predicted molar refractivity (Wildman–Crippen MR) is 142 cm³/mol. The second-order valence-corrected chi connectivity index (χ2v) is 10.3. The smallest absolute Gasteiger partial charge is 0.213 e. The maximum atomic E-state index is 9.91. The van der Waals surface area contributed by atoms with E-state index in [4.69, 9.17) is 9.47 Å². The van der Waals surface area contributed by atoms with Crippen molar-refractivity contribution in [1.29, 1.82) is 0 Å². The fourth-order valence-electron chi connectivity index (χ4n) is 4.03. The zero-order valence-electron chi connectivity index (χ0n) is 21.0. The van der Waals surface area contributed by atoms with Gasteiger partial charge in [-0.15, -0.1) is 0 Å². The average Bonchev–Trinajstić information content (AvgIpc) is 3.33. The van der Waals surface area contributed by atoms with Gasteiger partial charge >= 0.3 is 0 Å². The first-order valence-electron chi connectivity index (χ1n) is 11.8. The molecule has 0 unspecified atom stereocenters. The number of aryl methyl sites for hydroxylation is 2. The fraction of sp³-hybridized carbons (Fsp3) is 0.310.